The number of nitrogens with one attached hydrogen (secondary N) is 1. The summed E-state index contributed by atoms with van der Waals surface area (Å²) in [6, 6.07) is 4.91. The van der Waals surface area contributed by atoms with Crippen LogP contribution in [0.1, 0.15) is 26.2 Å². The van der Waals surface area contributed by atoms with E-state index >= 15 is 0 Å². The van der Waals surface area contributed by atoms with Gasteiger partial charge in [0.25, 0.3) is 0 Å². The summed E-state index contributed by atoms with van der Waals surface area (Å²) in [6.45, 7) is 3.10. The standard InChI is InChI=1S/C14H22N2O3S/c1-3-19-14-11-12(7-8-13(14)16(17)18)15-9-5-4-6-10-20-2/h7-8,11,15H,3-6,9-10H2,1-2H3. The van der Waals surface area contributed by atoms with Crippen molar-refractivity contribution in [1.82, 2.24) is 0 Å². The van der Waals surface area contributed by atoms with Gasteiger partial charge in [-0.3, -0.25) is 10.1 Å². The highest BCUT2D eigenvalue weighted by Gasteiger charge is 2.14. The second-order valence-corrected chi connectivity index (χ2v) is 5.34. The fourth-order valence-electron chi connectivity index (χ4n) is 1.83. The summed E-state index contributed by atoms with van der Waals surface area (Å²) in [7, 11) is 0. The van der Waals surface area contributed by atoms with E-state index < -0.39 is 4.92 Å². The van der Waals surface area contributed by atoms with Gasteiger partial charge >= 0.3 is 5.69 Å². The normalized spacial score (nSPS) is 10.3. The minimum atomic E-state index is -0.419. The molecule has 20 heavy (non-hydrogen) atoms. The Kier molecular flexibility index (Phi) is 7.87. The van der Waals surface area contributed by atoms with Crippen LogP contribution in [0.5, 0.6) is 5.75 Å². The van der Waals surface area contributed by atoms with Crippen molar-refractivity contribution in [3.63, 3.8) is 0 Å². The molecule has 0 aliphatic carbocycles. The number of thioether (sulfide) groups is 1. The summed E-state index contributed by atoms with van der Waals surface area (Å²) >= 11 is 1.87. The minimum absolute atomic E-state index is 0.0115. The van der Waals surface area contributed by atoms with Crippen molar-refractivity contribution in [3.8, 4) is 5.75 Å². The first-order valence-corrected chi connectivity index (χ1v) is 8.22. The van der Waals surface area contributed by atoms with Crippen LogP contribution in [-0.4, -0.2) is 30.1 Å². The molecule has 0 unspecified atom stereocenters. The van der Waals surface area contributed by atoms with Crippen molar-refractivity contribution in [1.29, 1.82) is 0 Å². The Bertz CT molecular complexity index is 427. The minimum Gasteiger partial charge on any atom is -0.487 e. The van der Waals surface area contributed by atoms with Crippen LogP contribution in [-0.2, 0) is 0 Å². The molecule has 0 saturated carbocycles. The molecule has 0 aromatic heterocycles. The first kappa shape index (κ1) is 16.6. The summed E-state index contributed by atoms with van der Waals surface area (Å²) < 4.78 is 5.31. The molecule has 0 radical (unpaired) electrons. The summed E-state index contributed by atoms with van der Waals surface area (Å²) in [5.41, 5.74) is 0.876. The van der Waals surface area contributed by atoms with Gasteiger partial charge in [0, 0.05) is 24.4 Å². The number of unbranched alkanes of at least 4 members (excludes halogenated alkanes) is 2. The van der Waals surface area contributed by atoms with Crippen LogP contribution in [0.25, 0.3) is 0 Å². The molecule has 0 spiro atoms. The number of anilines is 1. The summed E-state index contributed by atoms with van der Waals surface area (Å²) in [4.78, 5) is 10.5. The second kappa shape index (κ2) is 9.47. The van der Waals surface area contributed by atoms with Crippen LogP contribution in [0.4, 0.5) is 11.4 Å². The van der Waals surface area contributed by atoms with Crippen molar-refractivity contribution >= 4 is 23.1 Å². The fraction of sp³-hybridized carbons (Fsp3) is 0.571. The predicted molar refractivity (Wildman–Crippen MR) is 85.0 cm³/mol. The lowest BCUT2D eigenvalue weighted by Crippen LogP contribution is -2.03. The maximum absolute atomic E-state index is 10.9. The Morgan fingerprint density at radius 3 is 2.80 bits per heavy atom. The third-order valence-electron chi connectivity index (χ3n) is 2.81. The van der Waals surface area contributed by atoms with Gasteiger partial charge in [0.2, 0.25) is 0 Å². The number of ether oxygens (including phenoxy) is 1. The van der Waals surface area contributed by atoms with Crippen molar-refractivity contribution in [3.05, 3.63) is 28.3 Å². The number of hydrogen-bond acceptors (Lipinski definition) is 5. The maximum atomic E-state index is 10.9. The van der Waals surface area contributed by atoms with Crippen LogP contribution < -0.4 is 10.1 Å². The highest BCUT2D eigenvalue weighted by molar-refractivity contribution is 7.98. The van der Waals surface area contributed by atoms with E-state index in [0.717, 1.165) is 18.7 Å². The third-order valence-corrected chi connectivity index (χ3v) is 3.51. The van der Waals surface area contributed by atoms with Crippen molar-refractivity contribution < 1.29 is 9.66 Å². The van der Waals surface area contributed by atoms with Gasteiger partial charge in [0.15, 0.2) is 5.75 Å². The van der Waals surface area contributed by atoms with Gasteiger partial charge in [-0.1, -0.05) is 6.42 Å². The van der Waals surface area contributed by atoms with Gasteiger partial charge in [0.1, 0.15) is 0 Å². The van der Waals surface area contributed by atoms with E-state index in [0.29, 0.717) is 12.4 Å². The molecule has 1 aromatic carbocycles. The molecule has 0 bridgehead atoms. The number of nitrogens with zero attached hydrogens (tertiary/aromatic N) is 1. The van der Waals surface area contributed by atoms with E-state index in [1.165, 1.54) is 24.7 Å². The maximum Gasteiger partial charge on any atom is 0.311 e. The highest BCUT2D eigenvalue weighted by atomic mass is 32.2. The lowest BCUT2D eigenvalue weighted by Gasteiger charge is -2.09. The Hall–Kier alpha value is -1.43. The average molecular weight is 298 g/mol. The fourth-order valence-corrected chi connectivity index (χ4v) is 2.32. The Morgan fingerprint density at radius 1 is 1.35 bits per heavy atom. The Labute approximate surface area is 124 Å². The topological polar surface area (TPSA) is 64.4 Å². The molecular formula is C14H22N2O3S. The smallest absolute Gasteiger partial charge is 0.311 e. The monoisotopic (exact) mass is 298 g/mol. The lowest BCUT2D eigenvalue weighted by atomic mass is 10.2. The van der Waals surface area contributed by atoms with Crippen LogP contribution in [0, 0.1) is 10.1 Å². The molecule has 0 heterocycles. The quantitative estimate of drug-likeness (QED) is 0.402. The Morgan fingerprint density at radius 2 is 2.15 bits per heavy atom. The third kappa shape index (κ3) is 5.69. The van der Waals surface area contributed by atoms with Crippen LogP contribution in [0.3, 0.4) is 0 Å². The number of nitro groups is 1. The molecule has 6 heteroatoms. The first-order valence-electron chi connectivity index (χ1n) is 6.83. The zero-order valence-electron chi connectivity index (χ0n) is 12.1. The molecule has 112 valence electrons. The van der Waals surface area contributed by atoms with Crippen molar-refractivity contribution in [2.45, 2.75) is 26.2 Å². The summed E-state index contributed by atoms with van der Waals surface area (Å²) in [6.07, 6.45) is 5.64. The van der Waals surface area contributed by atoms with Gasteiger partial charge in [-0.05, 0) is 37.8 Å². The van der Waals surface area contributed by atoms with E-state index in [2.05, 4.69) is 11.6 Å². The summed E-state index contributed by atoms with van der Waals surface area (Å²) in [5.74, 6) is 1.52. The molecular weight excluding hydrogens is 276 g/mol. The Balaban J connectivity index is 2.50. The van der Waals surface area contributed by atoms with E-state index in [1.54, 1.807) is 12.1 Å². The van der Waals surface area contributed by atoms with Crippen LogP contribution in [0.15, 0.2) is 18.2 Å². The predicted octanol–water partition coefficient (Wildman–Crippen LogP) is 3.94. The summed E-state index contributed by atoms with van der Waals surface area (Å²) in [5, 5.41) is 14.1. The molecule has 0 amide bonds. The molecule has 0 atom stereocenters. The van der Waals surface area contributed by atoms with Gasteiger partial charge in [-0.15, -0.1) is 0 Å². The van der Waals surface area contributed by atoms with Crippen LogP contribution in [0.2, 0.25) is 0 Å². The number of benzene rings is 1. The van der Waals surface area contributed by atoms with Crippen molar-refractivity contribution in [2.75, 3.05) is 30.5 Å². The van der Waals surface area contributed by atoms with Gasteiger partial charge in [-0.2, -0.15) is 11.8 Å². The molecule has 1 aromatic rings. The second-order valence-electron chi connectivity index (χ2n) is 4.35. The molecule has 1 N–H and O–H groups in total. The van der Waals surface area contributed by atoms with E-state index in [9.17, 15) is 10.1 Å². The number of nitro benzene ring substituents is 1. The van der Waals surface area contributed by atoms with E-state index in [-0.39, 0.29) is 5.69 Å². The van der Waals surface area contributed by atoms with E-state index in [4.69, 9.17) is 4.74 Å². The zero-order valence-corrected chi connectivity index (χ0v) is 12.9. The van der Waals surface area contributed by atoms with E-state index in [1.807, 2.05) is 18.7 Å². The van der Waals surface area contributed by atoms with Crippen LogP contribution >= 0.6 is 11.8 Å². The van der Waals surface area contributed by atoms with Crippen molar-refractivity contribution in [2.24, 2.45) is 0 Å². The van der Waals surface area contributed by atoms with Gasteiger partial charge < -0.3 is 10.1 Å². The van der Waals surface area contributed by atoms with Gasteiger partial charge in [0.05, 0.1) is 11.5 Å². The largest absolute Gasteiger partial charge is 0.487 e. The molecule has 0 saturated heterocycles. The SMILES string of the molecule is CCOc1cc(NCCCCCSC)ccc1[N+](=O)[O-]. The highest BCUT2D eigenvalue weighted by Crippen LogP contribution is 2.30. The zero-order chi connectivity index (χ0) is 14.8. The molecule has 5 nitrogen and oxygen atoms in total. The average Bonchev–Trinajstić information content (AvgIpc) is 2.43. The number of rotatable bonds is 10. The molecule has 1 rings (SSSR count). The lowest BCUT2D eigenvalue weighted by molar-refractivity contribution is -0.385. The molecule has 0 fully saturated rings. The van der Waals surface area contributed by atoms with Gasteiger partial charge in [-0.25, -0.2) is 0 Å². The molecule has 0 aliphatic rings. The first-order chi connectivity index (χ1) is 9.69. The molecule has 0 aliphatic heterocycles. The number of hydrogen-bond donors (Lipinski definition) is 1.